The van der Waals surface area contributed by atoms with E-state index in [1.54, 1.807) is 39.0 Å². The lowest BCUT2D eigenvalue weighted by Crippen LogP contribution is -2.40. The van der Waals surface area contributed by atoms with Gasteiger partial charge in [-0.1, -0.05) is 0 Å². The predicted octanol–water partition coefficient (Wildman–Crippen LogP) is 1.46. The first-order chi connectivity index (χ1) is 13.2. The average Bonchev–Trinajstić information content (AvgIpc) is 2.63. The van der Waals surface area contributed by atoms with Crippen LogP contribution in [0.25, 0.3) is 0 Å². The van der Waals surface area contributed by atoms with E-state index in [1.807, 2.05) is 0 Å². The van der Waals surface area contributed by atoms with Gasteiger partial charge in [-0.05, 0) is 45.4 Å². The molecule has 9 heteroatoms. The Kier molecular flexibility index (Phi) is 9.07. The van der Waals surface area contributed by atoms with Crippen molar-refractivity contribution in [3.05, 3.63) is 23.8 Å². The maximum atomic E-state index is 12.1. The zero-order chi connectivity index (χ0) is 21.2. The van der Waals surface area contributed by atoms with Crippen molar-refractivity contribution >= 4 is 17.9 Å². The number of rotatable bonds is 9. The van der Waals surface area contributed by atoms with Gasteiger partial charge in [0.25, 0.3) is 5.91 Å². The van der Waals surface area contributed by atoms with Crippen LogP contribution in [-0.2, 0) is 9.53 Å². The van der Waals surface area contributed by atoms with Crippen LogP contribution in [0.4, 0.5) is 4.79 Å². The number of benzene rings is 1. The summed E-state index contributed by atoms with van der Waals surface area (Å²) in [4.78, 5) is 35.3. The van der Waals surface area contributed by atoms with Gasteiger partial charge in [-0.15, -0.1) is 0 Å². The van der Waals surface area contributed by atoms with Crippen molar-refractivity contribution in [1.82, 2.24) is 16.0 Å². The lowest BCUT2D eigenvalue weighted by atomic mass is 10.2. The Labute approximate surface area is 165 Å². The molecule has 0 spiro atoms. The minimum Gasteiger partial charge on any atom is -0.493 e. The molecule has 0 bridgehead atoms. The second kappa shape index (κ2) is 11.0. The highest BCUT2D eigenvalue weighted by Gasteiger charge is 2.16. The largest absolute Gasteiger partial charge is 0.493 e. The molecule has 1 rings (SSSR count). The Balaban J connectivity index is 2.25. The van der Waals surface area contributed by atoms with E-state index in [-0.39, 0.29) is 18.4 Å². The van der Waals surface area contributed by atoms with E-state index in [0.717, 1.165) is 0 Å². The van der Waals surface area contributed by atoms with E-state index in [1.165, 1.54) is 14.2 Å². The Morgan fingerprint density at radius 1 is 0.929 bits per heavy atom. The molecule has 0 heterocycles. The van der Waals surface area contributed by atoms with E-state index in [9.17, 15) is 14.4 Å². The number of carbonyl (C=O) groups excluding carboxylic acids is 3. The Bertz CT molecular complexity index is 685. The summed E-state index contributed by atoms with van der Waals surface area (Å²) >= 11 is 0. The summed E-state index contributed by atoms with van der Waals surface area (Å²) in [6.07, 6.45) is -0.109. The summed E-state index contributed by atoms with van der Waals surface area (Å²) in [7, 11) is 3.02. The molecule has 1 aromatic rings. The van der Waals surface area contributed by atoms with Gasteiger partial charge in [-0.25, -0.2) is 4.79 Å². The van der Waals surface area contributed by atoms with Crippen molar-refractivity contribution in [3.8, 4) is 11.5 Å². The number of carbonyl (C=O) groups is 3. The number of amides is 3. The van der Waals surface area contributed by atoms with Gasteiger partial charge in [-0.2, -0.15) is 0 Å². The summed E-state index contributed by atoms with van der Waals surface area (Å²) in [5.74, 6) is 0.428. The molecule has 3 amide bonds. The van der Waals surface area contributed by atoms with E-state index in [2.05, 4.69) is 16.0 Å². The Morgan fingerprint density at radius 2 is 1.57 bits per heavy atom. The first-order valence-electron chi connectivity index (χ1n) is 8.90. The molecule has 1 aromatic carbocycles. The van der Waals surface area contributed by atoms with Gasteiger partial charge in [-0.3, -0.25) is 9.59 Å². The third-order valence-electron chi connectivity index (χ3n) is 3.40. The van der Waals surface area contributed by atoms with Gasteiger partial charge >= 0.3 is 6.09 Å². The molecule has 0 saturated carbocycles. The molecular weight excluding hydrogens is 366 g/mol. The highest BCUT2D eigenvalue weighted by molar-refractivity contribution is 5.94. The molecule has 0 aliphatic rings. The van der Waals surface area contributed by atoms with Gasteiger partial charge in [0, 0.05) is 18.7 Å². The number of hydrogen-bond acceptors (Lipinski definition) is 6. The molecule has 0 aromatic heterocycles. The molecule has 0 unspecified atom stereocenters. The summed E-state index contributed by atoms with van der Waals surface area (Å²) < 4.78 is 15.3. The van der Waals surface area contributed by atoms with E-state index in [4.69, 9.17) is 14.2 Å². The monoisotopic (exact) mass is 395 g/mol. The lowest BCUT2D eigenvalue weighted by molar-refractivity contribution is -0.120. The average molecular weight is 395 g/mol. The van der Waals surface area contributed by atoms with Crippen molar-refractivity contribution in [2.24, 2.45) is 0 Å². The molecule has 9 nitrogen and oxygen atoms in total. The van der Waals surface area contributed by atoms with Crippen LogP contribution in [0.3, 0.4) is 0 Å². The smallest absolute Gasteiger partial charge is 0.408 e. The van der Waals surface area contributed by atoms with Crippen LogP contribution < -0.4 is 25.4 Å². The molecule has 156 valence electrons. The second-order valence-corrected chi connectivity index (χ2v) is 6.88. The first-order valence-corrected chi connectivity index (χ1v) is 8.90. The molecular formula is C19H29N3O6. The van der Waals surface area contributed by atoms with Crippen molar-refractivity contribution < 1.29 is 28.6 Å². The zero-order valence-corrected chi connectivity index (χ0v) is 17.0. The maximum Gasteiger partial charge on any atom is 0.408 e. The van der Waals surface area contributed by atoms with Gasteiger partial charge in [0.1, 0.15) is 5.60 Å². The summed E-state index contributed by atoms with van der Waals surface area (Å²) in [5, 5.41) is 7.79. The van der Waals surface area contributed by atoms with Crippen LogP contribution in [0.2, 0.25) is 0 Å². The maximum absolute atomic E-state index is 12.1. The van der Waals surface area contributed by atoms with Crippen LogP contribution in [0.5, 0.6) is 11.5 Å². The van der Waals surface area contributed by atoms with Crippen LogP contribution in [0, 0.1) is 0 Å². The van der Waals surface area contributed by atoms with Gasteiger partial charge < -0.3 is 30.2 Å². The quantitative estimate of drug-likeness (QED) is 0.546. The highest BCUT2D eigenvalue weighted by Crippen LogP contribution is 2.27. The van der Waals surface area contributed by atoms with Crippen LogP contribution >= 0.6 is 0 Å². The first kappa shape index (κ1) is 23.1. The molecule has 0 radical (unpaired) electrons. The normalized spacial score (nSPS) is 10.6. The predicted molar refractivity (Wildman–Crippen MR) is 104 cm³/mol. The molecule has 3 N–H and O–H groups in total. The molecule has 0 saturated heterocycles. The van der Waals surface area contributed by atoms with Crippen molar-refractivity contribution in [3.63, 3.8) is 0 Å². The van der Waals surface area contributed by atoms with E-state index < -0.39 is 11.7 Å². The topological polar surface area (TPSA) is 115 Å². The minimum atomic E-state index is -0.648. The van der Waals surface area contributed by atoms with Crippen molar-refractivity contribution in [2.45, 2.75) is 32.8 Å². The second-order valence-electron chi connectivity index (χ2n) is 6.88. The van der Waals surface area contributed by atoms with Crippen molar-refractivity contribution in [2.75, 3.05) is 33.9 Å². The number of alkyl carbamates (subject to hydrolysis) is 1. The standard InChI is InChI=1S/C19H29N3O6/c1-19(2,3)28-18(25)22-12-16(23)20-9-6-10-21-17(24)13-7-8-14(26-4)15(11-13)27-5/h7-8,11H,6,9-10,12H2,1-5H3,(H,20,23)(H,21,24)(H,22,25). The molecule has 0 atom stereocenters. The number of methoxy groups -OCH3 is 2. The SMILES string of the molecule is COc1ccc(C(=O)NCCCNC(=O)CNC(=O)OC(C)(C)C)cc1OC. The van der Waals surface area contributed by atoms with E-state index in [0.29, 0.717) is 36.6 Å². The van der Waals surface area contributed by atoms with E-state index >= 15 is 0 Å². The van der Waals surface area contributed by atoms with Gasteiger partial charge in [0.2, 0.25) is 5.91 Å². The Morgan fingerprint density at radius 3 is 2.18 bits per heavy atom. The fraction of sp³-hybridized carbons (Fsp3) is 0.526. The van der Waals surface area contributed by atoms with Crippen LogP contribution in [-0.4, -0.2) is 57.4 Å². The minimum absolute atomic E-state index is 0.174. The third kappa shape index (κ3) is 8.61. The van der Waals surface area contributed by atoms with Crippen LogP contribution in [0.1, 0.15) is 37.6 Å². The number of ether oxygens (including phenoxy) is 3. The fourth-order valence-electron chi connectivity index (χ4n) is 2.13. The zero-order valence-electron chi connectivity index (χ0n) is 17.0. The highest BCUT2D eigenvalue weighted by atomic mass is 16.6. The van der Waals surface area contributed by atoms with Gasteiger partial charge in [0.15, 0.2) is 11.5 Å². The van der Waals surface area contributed by atoms with Crippen molar-refractivity contribution in [1.29, 1.82) is 0 Å². The summed E-state index contributed by atoms with van der Waals surface area (Å²) in [6, 6.07) is 4.89. The van der Waals surface area contributed by atoms with Gasteiger partial charge in [0.05, 0.1) is 20.8 Å². The molecule has 0 fully saturated rings. The third-order valence-corrected chi connectivity index (χ3v) is 3.40. The Hall–Kier alpha value is -2.97. The fourth-order valence-corrected chi connectivity index (χ4v) is 2.13. The molecule has 0 aliphatic heterocycles. The lowest BCUT2D eigenvalue weighted by Gasteiger charge is -2.19. The number of hydrogen-bond donors (Lipinski definition) is 3. The molecule has 28 heavy (non-hydrogen) atoms. The number of nitrogens with one attached hydrogen (secondary N) is 3. The summed E-state index contributed by atoms with van der Waals surface area (Å²) in [5.41, 5.74) is -0.171. The molecule has 0 aliphatic carbocycles. The summed E-state index contributed by atoms with van der Waals surface area (Å²) in [6.45, 7) is 5.79. The van der Waals surface area contributed by atoms with Crippen LogP contribution in [0.15, 0.2) is 18.2 Å².